The molecule has 2 rings (SSSR count). The van der Waals surface area contributed by atoms with Gasteiger partial charge in [-0.05, 0) is 51.4 Å². The lowest BCUT2D eigenvalue weighted by Gasteiger charge is -2.42. The van der Waals surface area contributed by atoms with E-state index in [4.69, 9.17) is 28.4 Å². The summed E-state index contributed by atoms with van der Waals surface area (Å²) < 4.78 is 33.7. The Balaban J connectivity index is 1.75. The van der Waals surface area contributed by atoms with Gasteiger partial charge < -0.3 is 64.2 Å². The van der Waals surface area contributed by atoms with E-state index in [0.29, 0.717) is 19.3 Å². The number of esters is 2. The fourth-order valence-electron chi connectivity index (χ4n) is 9.74. The Morgan fingerprint density at radius 1 is 0.410 bits per heavy atom. The van der Waals surface area contributed by atoms with Gasteiger partial charge in [0.25, 0.3) is 0 Å². The second-order valence-electron chi connectivity index (χ2n) is 21.9. The summed E-state index contributed by atoms with van der Waals surface area (Å²) in [6.45, 7) is 2.58. The first kappa shape index (κ1) is 71.6. The molecule has 2 fully saturated rings. The molecule has 0 aromatic rings. The molecule has 11 atom stereocenters. The Labute approximate surface area is 471 Å². The number of rotatable bonds is 50. The van der Waals surface area contributed by atoms with Crippen molar-refractivity contribution >= 4 is 11.9 Å². The van der Waals surface area contributed by atoms with Gasteiger partial charge in [0.2, 0.25) is 0 Å². The number of hydrogen-bond donors (Lipinski definition) is 7. The SMILES string of the molecule is CCCCCCCCC/C=C/C/C=C/C/C=C/C/C=C/CCCC(=O)OC[C@@H](CO[C@@H]1O[C@H](CO[C@@H]2O[C@H](CO)[C@H](O)C(O)C2O)[C@H](O)C(O)C1O)OC(=O)CCCCCCCCCCCCCCCCCCCCCCC. The molecule has 78 heavy (non-hydrogen) atoms. The molecule has 7 N–H and O–H groups in total. The molecule has 0 spiro atoms. The van der Waals surface area contributed by atoms with Gasteiger partial charge in [-0.2, -0.15) is 0 Å². The molecule has 0 radical (unpaired) electrons. The summed E-state index contributed by atoms with van der Waals surface area (Å²) in [5.41, 5.74) is 0. The molecule has 0 saturated carbocycles. The molecule has 15 heteroatoms. The van der Waals surface area contributed by atoms with Gasteiger partial charge in [-0.15, -0.1) is 0 Å². The number of aliphatic hydroxyl groups is 7. The topological polar surface area (TPSA) is 231 Å². The van der Waals surface area contributed by atoms with Crippen LogP contribution in [0.15, 0.2) is 48.6 Å². The minimum absolute atomic E-state index is 0.143. The smallest absolute Gasteiger partial charge is 0.306 e. The van der Waals surface area contributed by atoms with Crippen LogP contribution in [0.2, 0.25) is 0 Å². The van der Waals surface area contributed by atoms with Crippen molar-refractivity contribution in [2.75, 3.05) is 26.4 Å². The maximum absolute atomic E-state index is 13.1. The zero-order chi connectivity index (χ0) is 56.7. The zero-order valence-electron chi connectivity index (χ0n) is 48.7. The van der Waals surface area contributed by atoms with Crippen LogP contribution in [0.3, 0.4) is 0 Å². The van der Waals surface area contributed by atoms with E-state index in [9.17, 15) is 45.3 Å². The summed E-state index contributed by atoms with van der Waals surface area (Å²) in [4.78, 5) is 25.9. The Morgan fingerprint density at radius 3 is 1.24 bits per heavy atom. The fraction of sp³-hybridized carbons (Fsp3) is 0.841. The molecule has 0 bridgehead atoms. The Kier molecular flexibility index (Phi) is 45.1. The second kappa shape index (κ2) is 49.1. The van der Waals surface area contributed by atoms with Gasteiger partial charge in [-0.25, -0.2) is 0 Å². The average molecular weight is 1110 g/mol. The lowest BCUT2D eigenvalue weighted by molar-refractivity contribution is -0.332. The summed E-state index contributed by atoms with van der Waals surface area (Å²) in [6.07, 6.45) is 41.4. The summed E-state index contributed by atoms with van der Waals surface area (Å²) in [6, 6.07) is 0. The fourth-order valence-corrected chi connectivity index (χ4v) is 9.74. The summed E-state index contributed by atoms with van der Waals surface area (Å²) in [5, 5.41) is 72.4. The van der Waals surface area contributed by atoms with Crippen LogP contribution in [0.25, 0.3) is 0 Å². The van der Waals surface area contributed by atoms with E-state index in [1.807, 2.05) is 6.08 Å². The molecule has 2 aliphatic rings. The molecule has 0 amide bonds. The summed E-state index contributed by atoms with van der Waals surface area (Å²) >= 11 is 0. The lowest BCUT2D eigenvalue weighted by Crippen LogP contribution is -2.61. The second-order valence-corrected chi connectivity index (χ2v) is 21.9. The van der Waals surface area contributed by atoms with Crippen molar-refractivity contribution in [1.82, 2.24) is 0 Å². The predicted octanol–water partition coefficient (Wildman–Crippen LogP) is 11.4. The molecular weight excluding hydrogens is 997 g/mol. The van der Waals surface area contributed by atoms with Crippen molar-refractivity contribution in [2.24, 2.45) is 0 Å². The van der Waals surface area contributed by atoms with Crippen molar-refractivity contribution in [3.63, 3.8) is 0 Å². The van der Waals surface area contributed by atoms with Crippen LogP contribution in [0.1, 0.15) is 245 Å². The van der Waals surface area contributed by atoms with Crippen molar-refractivity contribution in [3.05, 3.63) is 48.6 Å². The van der Waals surface area contributed by atoms with Crippen LogP contribution >= 0.6 is 0 Å². The van der Waals surface area contributed by atoms with Crippen molar-refractivity contribution in [2.45, 2.75) is 313 Å². The molecule has 0 aliphatic carbocycles. The van der Waals surface area contributed by atoms with Crippen molar-refractivity contribution in [1.29, 1.82) is 0 Å². The average Bonchev–Trinajstić information content (AvgIpc) is 3.44. The molecule has 0 aromatic carbocycles. The van der Waals surface area contributed by atoms with Crippen LogP contribution in [-0.4, -0.2) is 142 Å². The van der Waals surface area contributed by atoms with Crippen LogP contribution < -0.4 is 0 Å². The van der Waals surface area contributed by atoms with Crippen LogP contribution in [-0.2, 0) is 38.0 Å². The first-order valence-corrected chi connectivity index (χ1v) is 31.2. The number of unbranched alkanes of at least 4 members (excludes halogenated alkanes) is 28. The van der Waals surface area contributed by atoms with E-state index in [0.717, 1.165) is 44.9 Å². The van der Waals surface area contributed by atoms with Crippen LogP contribution in [0.4, 0.5) is 0 Å². The van der Waals surface area contributed by atoms with E-state index in [1.54, 1.807) is 0 Å². The Morgan fingerprint density at radius 2 is 0.782 bits per heavy atom. The van der Waals surface area contributed by atoms with E-state index in [-0.39, 0.29) is 19.4 Å². The monoisotopic (exact) mass is 1110 g/mol. The molecule has 2 heterocycles. The van der Waals surface area contributed by atoms with Gasteiger partial charge in [-0.3, -0.25) is 9.59 Å². The number of allylic oxidation sites excluding steroid dienone is 8. The van der Waals surface area contributed by atoms with Gasteiger partial charge in [0.05, 0.1) is 19.8 Å². The predicted molar refractivity (Wildman–Crippen MR) is 307 cm³/mol. The van der Waals surface area contributed by atoms with Gasteiger partial charge in [0, 0.05) is 12.8 Å². The standard InChI is InChI=1S/C63H112O15/c1-3-5-7-9-11-13-15-17-19-21-23-25-27-29-31-33-35-37-39-41-43-45-54(65)73-48-51(49-74-62-61(72)59(70)57(68)53(78-62)50-75-63-60(71)58(69)56(67)52(47-64)77-63)76-55(66)46-44-42-40-38-36-34-32-30-28-26-24-22-20-18-16-14-12-10-8-6-4-2/h19,21,25,27,31,33,37,39,51-53,56-64,67-72H,3-18,20,22-24,26,28-30,32,34-36,38,40-50H2,1-2H3/b21-19+,27-25+,33-31+,39-37+/t51-,52+,53+,56-,57-,58?,59?,60?,61?,62+,63+/m0/s1. The normalized spacial score (nSPS) is 24.3. The van der Waals surface area contributed by atoms with E-state index < -0.39 is 99.3 Å². The molecule has 2 aliphatic heterocycles. The zero-order valence-corrected chi connectivity index (χ0v) is 48.7. The molecule has 454 valence electrons. The van der Waals surface area contributed by atoms with Crippen LogP contribution in [0.5, 0.6) is 0 Å². The Hall–Kier alpha value is -2.54. The molecule has 15 nitrogen and oxygen atoms in total. The molecule has 2 saturated heterocycles. The number of aliphatic hydroxyl groups excluding tert-OH is 7. The number of carbonyl (C=O) groups excluding carboxylic acids is 2. The van der Waals surface area contributed by atoms with Gasteiger partial charge >= 0.3 is 11.9 Å². The maximum Gasteiger partial charge on any atom is 0.306 e. The third-order valence-electron chi connectivity index (χ3n) is 14.8. The molecular formula is C63H112O15. The molecule has 0 aromatic heterocycles. The highest BCUT2D eigenvalue weighted by Crippen LogP contribution is 2.27. The maximum atomic E-state index is 13.1. The number of carbonyl (C=O) groups is 2. The highest BCUT2D eigenvalue weighted by molar-refractivity contribution is 5.70. The summed E-state index contributed by atoms with van der Waals surface area (Å²) in [7, 11) is 0. The third kappa shape index (κ3) is 35.3. The van der Waals surface area contributed by atoms with E-state index >= 15 is 0 Å². The lowest BCUT2D eigenvalue weighted by atomic mass is 9.98. The van der Waals surface area contributed by atoms with Crippen molar-refractivity contribution < 1.29 is 73.8 Å². The Bertz CT molecular complexity index is 1540. The highest BCUT2D eigenvalue weighted by atomic mass is 16.7. The van der Waals surface area contributed by atoms with Crippen LogP contribution in [0, 0.1) is 0 Å². The quantitative estimate of drug-likeness (QED) is 0.0171. The van der Waals surface area contributed by atoms with E-state index in [1.165, 1.54) is 154 Å². The minimum Gasteiger partial charge on any atom is -0.462 e. The third-order valence-corrected chi connectivity index (χ3v) is 14.8. The van der Waals surface area contributed by atoms with Gasteiger partial charge in [-0.1, -0.05) is 229 Å². The summed E-state index contributed by atoms with van der Waals surface area (Å²) in [5.74, 6) is -0.980. The van der Waals surface area contributed by atoms with Gasteiger partial charge in [0.1, 0.15) is 55.4 Å². The van der Waals surface area contributed by atoms with Gasteiger partial charge in [0.15, 0.2) is 18.7 Å². The molecule has 4 unspecified atom stereocenters. The number of hydrogen-bond acceptors (Lipinski definition) is 15. The van der Waals surface area contributed by atoms with Crippen molar-refractivity contribution in [3.8, 4) is 0 Å². The minimum atomic E-state index is -1.77. The largest absolute Gasteiger partial charge is 0.462 e. The number of ether oxygens (including phenoxy) is 6. The first-order valence-electron chi connectivity index (χ1n) is 31.2. The first-order chi connectivity index (χ1) is 38.0. The highest BCUT2D eigenvalue weighted by Gasteiger charge is 2.47. The van der Waals surface area contributed by atoms with E-state index in [2.05, 4.69) is 56.4 Å².